The number of esters is 1. The second-order valence-electron chi connectivity index (χ2n) is 7.44. The van der Waals surface area contributed by atoms with Crippen molar-refractivity contribution in [2.75, 3.05) is 39.9 Å². The number of nitrogens with one attached hydrogen (secondary N) is 1. The Morgan fingerprint density at radius 2 is 1.79 bits per heavy atom. The van der Waals surface area contributed by atoms with Gasteiger partial charge in [-0.05, 0) is 0 Å². The van der Waals surface area contributed by atoms with Crippen molar-refractivity contribution in [3.8, 4) is 5.75 Å². The minimum absolute atomic E-state index is 0.0287. The van der Waals surface area contributed by atoms with Crippen molar-refractivity contribution >= 4 is 52.5 Å². The van der Waals surface area contributed by atoms with Gasteiger partial charge in [0.1, 0.15) is 0 Å². The fourth-order valence-electron chi connectivity index (χ4n) is 4.03. The van der Waals surface area contributed by atoms with E-state index in [1.54, 1.807) is 6.07 Å². The molecule has 1 aliphatic heterocycles. The normalized spacial score (nSPS) is 14.7. The molecule has 2 N–H and O–H groups in total. The van der Waals surface area contributed by atoms with E-state index in [-0.39, 0.29) is 39.4 Å². The molecule has 3 aromatic rings. The number of carbonyl (C=O) groups is 2. The first-order chi connectivity index (χ1) is 15.9. The van der Waals surface area contributed by atoms with Crippen LogP contribution in [0.2, 0.25) is 0 Å². The van der Waals surface area contributed by atoms with E-state index in [2.05, 4.69) is 4.98 Å². The summed E-state index contributed by atoms with van der Waals surface area (Å²) in [5.74, 6) is -1.73. The summed E-state index contributed by atoms with van der Waals surface area (Å²) in [4.78, 5) is 29.5. The van der Waals surface area contributed by atoms with E-state index < -0.39 is 17.8 Å². The SMILES string of the molecule is COC(=O)c1cc2c3c(c([Se]c4ccccc4)c(O)c2[nH]1)N(C(=O)OC)CC(OC)(OC)C3. The number of aromatic hydroxyl groups is 1. The molecule has 1 aromatic heterocycles. The molecule has 1 amide bonds. The molecule has 174 valence electrons. The molecule has 0 spiro atoms. The summed E-state index contributed by atoms with van der Waals surface area (Å²) >= 11 is -0.368. The van der Waals surface area contributed by atoms with Gasteiger partial charge in [-0.2, -0.15) is 0 Å². The molecule has 4 rings (SSSR count). The summed E-state index contributed by atoms with van der Waals surface area (Å²) in [6.07, 6.45) is -0.322. The molecule has 0 aliphatic carbocycles. The second kappa shape index (κ2) is 9.07. The summed E-state index contributed by atoms with van der Waals surface area (Å²) in [5.41, 5.74) is 1.80. The van der Waals surface area contributed by atoms with Gasteiger partial charge in [0.05, 0.1) is 0 Å². The molecular weight excluding hydrogens is 495 g/mol. The van der Waals surface area contributed by atoms with Crippen LogP contribution in [0.25, 0.3) is 10.9 Å². The maximum absolute atomic E-state index is 12.9. The van der Waals surface area contributed by atoms with Gasteiger partial charge in [0.25, 0.3) is 0 Å². The van der Waals surface area contributed by atoms with Crippen molar-refractivity contribution in [3.05, 3.63) is 47.7 Å². The van der Waals surface area contributed by atoms with E-state index in [4.69, 9.17) is 18.9 Å². The van der Waals surface area contributed by atoms with Crippen molar-refractivity contribution in [2.45, 2.75) is 12.2 Å². The number of benzene rings is 2. The van der Waals surface area contributed by atoms with Gasteiger partial charge in [-0.25, -0.2) is 0 Å². The number of ether oxygens (including phenoxy) is 4. The van der Waals surface area contributed by atoms with Crippen molar-refractivity contribution in [1.29, 1.82) is 0 Å². The third kappa shape index (κ3) is 3.95. The van der Waals surface area contributed by atoms with Crippen LogP contribution in [0.4, 0.5) is 10.5 Å². The Hall–Kier alpha value is -3.04. The summed E-state index contributed by atoms with van der Waals surface area (Å²) in [5, 5.41) is 11.9. The van der Waals surface area contributed by atoms with E-state index in [1.165, 1.54) is 33.3 Å². The minimum atomic E-state index is -1.13. The summed E-state index contributed by atoms with van der Waals surface area (Å²) in [6, 6.07) is 11.3. The molecule has 0 unspecified atom stereocenters. The fourth-order valence-corrected chi connectivity index (χ4v) is 6.24. The van der Waals surface area contributed by atoms with Crippen LogP contribution in [-0.4, -0.2) is 77.9 Å². The zero-order chi connectivity index (χ0) is 23.8. The first kappa shape index (κ1) is 23.1. The summed E-state index contributed by atoms with van der Waals surface area (Å²) in [7, 11) is 5.59. The van der Waals surface area contributed by atoms with Crippen LogP contribution in [-0.2, 0) is 25.4 Å². The number of anilines is 1. The van der Waals surface area contributed by atoms with Gasteiger partial charge in [-0.15, -0.1) is 0 Å². The predicted molar refractivity (Wildman–Crippen MR) is 123 cm³/mol. The topological polar surface area (TPSA) is 110 Å². The van der Waals surface area contributed by atoms with Crippen LogP contribution in [0.3, 0.4) is 0 Å². The summed E-state index contributed by atoms with van der Waals surface area (Å²) < 4.78 is 22.9. The molecule has 33 heavy (non-hydrogen) atoms. The Labute approximate surface area is 196 Å². The van der Waals surface area contributed by atoms with Crippen molar-refractivity contribution in [1.82, 2.24) is 4.98 Å². The number of hydrogen-bond donors (Lipinski definition) is 2. The first-order valence-electron chi connectivity index (χ1n) is 10.1. The predicted octanol–water partition coefficient (Wildman–Crippen LogP) is 1.43. The summed E-state index contributed by atoms with van der Waals surface area (Å²) in [6.45, 7) is 0.0662. The third-order valence-corrected chi connectivity index (χ3v) is 8.02. The van der Waals surface area contributed by atoms with Gasteiger partial charge in [0, 0.05) is 0 Å². The van der Waals surface area contributed by atoms with E-state index in [9.17, 15) is 14.7 Å². The van der Waals surface area contributed by atoms with E-state index >= 15 is 0 Å². The number of hydrogen-bond acceptors (Lipinski definition) is 7. The van der Waals surface area contributed by atoms with Crippen molar-refractivity contribution in [3.63, 3.8) is 0 Å². The first-order valence-corrected chi connectivity index (χ1v) is 11.8. The van der Waals surface area contributed by atoms with E-state index in [0.29, 0.717) is 26.6 Å². The van der Waals surface area contributed by atoms with Crippen LogP contribution in [0.1, 0.15) is 16.1 Å². The number of carbonyl (C=O) groups excluding carboxylic acids is 2. The molecule has 10 heteroatoms. The molecule has 0 saturated carbocycles. The molecule has 0 fully saturated rings. The van der Waals surface area contributed by atoms with Gasteiger partial charge < -0.3 is 0 Å². The monoisotopic (exact) mass is 520 g/mol. The van der Waals surface area contributed by atoms with E-state index in [0.717, 1.165) is 4.46 Å². The number of aromatic nitrogens is 1. The van der Waals surface area contributed by atoms with Crippen molar-refractivity contribution < 1.29 is 33.6 Å². The van der Waals surface area contributed by atoms with Crippen LogP contribution in [0.15, 0.2) is 36.4 Å². The number of nitrogens with zero attached hydrogens (tertiary/aromatic N) is 1. The van der Waals surface area contributed by atoms with Crippen molar-refractivity contribution in [2.24, 2.45) is 0 Å². The number of aromatic amines is 1. The Balaban J connectivity index is 2.05. The Morgan fingerprint density at radius 1 is 1.09 bits per heavy atom. The zero-order valence-electron chi connectivity index (χ0n) is 18.6. The average Bonchev–Trinajstić information content (AvgIpc) is 3.31. The molecule has 0 saturated heterocycles. The molecule has 9 nitrogen and oxygen atoms in total. The molecule has 1 aliphatic rings. The quantitative estimate of drug-likeness (QED) is 0.298. The van der Waals surface area contributed by atoms with Crippen LogP contribution < -0.4 is 13.8 Å². The standard InChI is InChI=1S/C23H24N2O7Se/c1-29-21(27)16-10-14-15-11-23(31-3,32-4)12-25(22(28)30-2)18(15)20(19(26)17(14)24-16)33-13-8-6-5-7-9-13/h5-10,24,26H,11-12H2,1-4H3. The number of amides is 1. The number of rotatable bonds is 5. The van der Waals surface area contributed by atoms with Gasteiger partial charge in [-0.3, -0.25) is 0 Å². The molecule has 2 heterocycles. The van der Waals surface area contributed by atoms with Crippen LogP contribution in [0.5, 0.6) is 5.75 Å². The van der Waals surface area contributed by atoms with Crippen LogP contribution in [0, 0.1) is 0 Å². The third-order valence-electron chi connectivity index (χ3n) is 5.72. The van der Waals surface area contributed by atoms with Gasteiger partial charge in [-0.1, -0.05) is 0 Å². The number of fused-ring (bicyclic) bond motifs is 3. The zero-order valence-corrected chi connectivity index (χ0v) is 20.3. The van der Waals surface area contributed by atoms with Crippen LogP contribution >= 0.6 is 0 Å². The fraction of sp³-hybridized carbons (Fsp3) is 0.304. The molecule has 0 radical (unpaired) electrons. The Bertz CT molecular complexity index is 1200. The molecule has 0 atom stereocenters. The Morgan fingerprint density at radius 3 is 2.39 bits per heavy atom. The van der Waals surface area contributed by atoms with Gasteiger partial charge >= 0.3 is 197 Å². The maximum atomic E-state index is 12.9. The van der Waals surface area contributed by atoms with E-state index in [1.807, 2.05) is 30.3 Å². The molecule has 0 bridgehead atoms. The Kier molecular flexibility index (Phi) is 6.36. The number of methoxy groups -OCH3 is 4. The number of phenolic OH excluding ortho intramolecular Hbond substituents is 1. The second-order valence-corrected chi connectivity index (χ2v) is 9.71. The van der Waals surface area contributed by atoms with Gasteiger partial charge in [0.2, 0.25) is 0 Å². The average molecular weight is 519 g/mol. The molecule has 2 aromatic carbocycles. The van der Waals surface area contributed by atoms with Gasteiger partial charge in [0.15, 0.2) is 0 Å². The number of H-pyrrole nitrogens is 1. The molecular formula is C23H24N2O7Se. The number of phenols is 1.